The Bertz CT molecular complexity index is 151. The molecule has 0 aliphatic heterocycles. The Hall–Kier alpha value is -0.610. The zero-order valence-electron chi connectivity index (χ0n) is 9.18. The molecule has 3 N–H and O–H groups in total. The van der Waals surface area contributed by atoms with Gasteiger partial charge in [-0.3, -0.25) is 4.79 Å². The number of amides is 1. The summed E-state index contributed by atoms with van der Waals surface area (Å²) in [6.07, 6.45) is 2.11. The third-order valence-electron chi connectivity index (χ3n) is 1.98. The maximum atomic E-state index is 11.3. The highest BCUT2D eigenvalue weighted by molar-refractivity contribution is 5.76. The predicted octanol–water partition coefficient (Wildman–Crippen LogP) is 0.263. The molecule has 0 saturated carbocycles. The average Bonchev–Trinajstić information content (AvgIpc) is 2.15. The van der Waals surface area contributed by atoms with Gasteiger partial charge in [0.1, 0.15) is 0 Å². The van der Waals surface area contributed by atoms with Crippen molar-refractivity contribution in [2.45, 2.75) is 39.2 Å². The molecule has 1 unspecified atom stereocenters. The molecule has 14 heavy (non-hydrogen) atoms. The van der Waals surface area contributed by atoms with E-state index in [1.807, 2.05) is 13.8 Å². The molecule has 0 radical (unpaired) electrons. The monoisotopic (exact) mass is 202 g/mol. The summed E-state index contributed by atoms with van der Waals surface area (Å²) in [4.78, 5) is 11.3. The smallest absolute Gasteiger partial charge is 0.221 e. The number of hydrogen-bond donors (Lipinski definition) is 3. The summed E-state index contributed by atoms with van der Waals surface area (Å²) in [6.45, 7) is 5.79. The zero-order chi connectivity index (χ0) is 10.8. The number of carbonyl (C=O) groups is 1. The van der Waals surface area contributed by atoms with Crippen LogP contribution in [0.15, 0.2) is 0 Å². The van der Waals surface area contributed by atoms with Gasteiger partial charge >= 0.3 is 0 Å². The van der Waals surface area contributed by atoms with E-state index in [0.717, 1.165) is 25.9 Å². The predicted molar refractivity (Wildman–Crippen MR) is 57.1 cm³/mol. The average molecular weight is 202 g/mol. The lowest BCUT2D eigenvalue weighted by atomic mass is 10.2. The van der Waals surface area contributed by atoms with Crippen LogP contribution in [-0.2, 0) is 4.79 Å². The lowest BCUT2D eigenvalue weighted by molar-refractivity contribution is -0.121. The minimum Gasteiger partial charge on any atom is -0.396 e. The van der Waals surface area contributed by atoms with Gasteiger partial charge in [0, 0.05) is 25.6 Å². The second kappa shape index (κ2) is 8.97. The molecule has 0 fully saturated rings. The number of carbonyl (C=O) groups excluding carboxylic acids is 1. The van der Waals surface area contributed by atoms with Crippen LogP contribution >= 0.6 is 0 Å². The van der Waals surface area contributed by atoms with Gasteiger partial charge < -0.3 is 15.7 Å². The summed E-state index contributed by atoms with van der Waals surface area (Å²) in [6, 6.07) is 0.163. The van der Waals surface area contributed by atoms with E-state index in [0.29, 0.717) is 6.42 Å². The Morgan fingerprint density at radius 3 is 2.79 bits per heavy atom. The lowest BCUT2D eigenvalue weighted by Crippen LogP contribution is -2.34. The third kappa shape index (κ3) is 8.01. The number of aliphatic hydroxyl groups excluding tert-OH is 1. The number of aliphatic hydroxyl groups is 1. The van der Waals surface area contributed by atoms with Crippen molar-refractivity contribution in [1.82, 2.24) is 10.6 Å². The van der Waals surface area contributed by atoms with Crippen LogP contribution in [0.1, 0.15) is 33.1 Å². The minimum absolute atomic E-state index is 0.0800. The summed E-state index contributed by atoms with van der Waals surface area (Å²) in [5.41, 5.74) is 0. The number of nitrogens with one attached hydrogen (secondary N) is 2. The Balaban J connectivity index is 3.40. The minimum atomic E-state index is 0.0800. The van der Waals surface area contributed by atoms with Gasteiger partial charge in [0.25, 0.3) is 0 Å². The number of rotatable bonds is 8. The van der Waals surface area contributed by atoms with Crippen LogP contribution in [0, 0.1) is 0 Å². The van der Waals surface area contributed by atoms with Crippen molar-refractivity contribution in [1.29, 1.82) is 0 Å². The van der Waals surface area contributed by atoms with Crippen molar-refractivity contribution in [3.63, 3.8) is 0 Å². The topological polar surface area (TPSA) is 61.4 Å². The van der Waals surface area contributed by atoms with Crippen molar-refractivity contribution < 1.29 is 9.90 Å². The molecular weight excluding hydrogens is 180 g/mol. The van der Waals surface area contributed by atoms with Gasteiger partial charge in [-0.2, -0.15) is 0 Å². The first-order valence-corrected chi connectivity index (χ1v) is 5.31. The Kier molecular flexibility index (Phi) is 8.57. The Labute approximate surface area is 86.1 Å². The molecule has 84 valence electrons. The van der Waals surface area contributed by atoms with Crippen LogP contribution in [0.3, 0.4) is 0 Å². The Morgan fingerprint density at radius 1 is 1.50 bits per heavy atom. The fourth-order valence-electron chi connectivity index (χ4n) is 1.20. The van der Waals surface area contributed by atoms with E-state index in [1.165, 1.54) is 0 Å². The maximum absolute atomic E-state index is 11.3. The van der Waals surface area contributed by atoms with Crippen molar-refractivity contribution >= 4 is 5.91 Å². The summed E-state index contributed by atoms with van der Waals surface area (Å²) in [7, 11) is 0. The van der Waals surface area contributed by atoms with Crippen molar-refractivity contribution in [2.75, 3.05) is 19.7 Å². The highest BCUT2D eigenvalue weighted by Crippen LogP contribution is 1.95. The lowest BCUT2D eigenvalue weighted by Gasteiger charge is -2.12. The summed E-state index contributed by atoms with van der Waals surface area (Å²) in [5.74, 6) is 0.0800. The number of hydrogen-bond acceptors (Lipinski definition) is 3. The summed E-state index contributed by atoms with van der Waals surface area (Å²) in [5, 5.41) is 14.6. The van der Waals surface area contributed by atoms with Gasteiger partial charge in [0.15, 0.2) is 0 Å². The Morgan fingerprint density at radius 2 is 2.21 bits per heavy atom. The maximum Gasteiger partial charge on any atom is 0.221 e. The molecule has 1 amide bonds. The molecule has 0 aromatic carbocycles. The molecule has 0 heterocycles. The van der Waals surface area contributed by atoms with Gasteiger partial charge in [-0.1, -0.05) is 6.92 Å². The second-order valence-electron chi connectivity index (χ2n) is 3.44. The third-order valence-corrected chi connectivity index (χ3v) is 1.98. The van der Waals surface area contributed by atoms with Crippen LogP contribution in [0.4, 0.5) is 0 Å². The molecule has 0 aromatic rings. The highest BCUT2D eigenvalue weighted by atomic mass is 16.2. The van der Waals surface area contributed by atoms with Gasteiger partial charge in [0.05, 0.1) is 0 Å². The van der Waals surface area contributed by atoms with Crippen LogP contribution < -0.4 is 10.6 Å². The fraction of sp³-hybridized carbons (Fsp3) is 0.900. The van der Waals surface area contributed by atoms with E-state index < -0.39 is 0 Å². The molecule has 0 saturated heterocycles. The van der Waals surface area contributed by atoms with Crippen LogP contribution in [0.2, 0.25) is 0 Å². The van der Waals surface area contributed by atoms with E-state index in [4.69, 9.17) is 5.11 Å². The van der Waals surface area contributed by atoms with Crippen molar-refractivity contribution in [3.05, 3.63) is 0 Å². The molecule has 1 atom stereocenters. The quantitative estimate of drug-likeness (QED) is 0.495. The van der Waals surface area contributed by atoms with Gasteiger partial charge in [-0.25, -0.2) is 0 Å². The molecule has 0 aromatic heterocycles. The summed E-state index contributed by atoms with van der Waals surface area (Å²) >= 11 is 0. The van der Waals surface area contributed by atoms with E-state index in [1.54, 1.807) is 0 Å². The first-order chi connectivity index (χ1) is 6.70. The molecular formula is C10H22N2O2. The molecule has 0 aliphatic rings. The van der Waals surface area contributed by atoms with E-state index in [9.17, 15) is 4.79 Å². The van der Waals surface area contributed by atoms with Gasteiger partial charge in [0.2, 0.25) is 5.91 Å². The molecule has 0 aliphatic carbocycles. The van der Waals surface area contributed by atoms with Gasteiger partial charge in [-0.05, 0) is 26.3 Å². The second-order valence-corrected chi connectivity index (χ2v) is 3.44. The molecule has 4 nitrogen and oxygen atoms in total. The van der Waals surface area contributed by atoms with E-state index in [-0.39, 0.29) is 18.6 Å². The van der Waals surface area contributed by atoms with Crippen molar-refractivity contribution in [2.24, 2.45) is 0 Å². The molecule has 0 spiro atoms. The van der Waals surface area contributed by atoms with Crippen molar-refractivity contribution in [3.8, 4) is 0 Å². The standard InChI is InChI=1S/C10H22N2O2/c1-3-11-7-6-10(14)12-9(2)5-4-8-13/h9,11,13H,3-8H2,1-2H3,(H,12,14). The first kappa shape index (κ1) is 13.4. The van der Waals surface area contributed by atoms with Gasteiger partial charge in [-0.15, -0.1) is 0 Å². The van der Waals surface area contributed by atoms with Crippen LogP contribution in [0.5, 0.6) is 0 Å². The highest BCUT2D eigenvalue weighted by Gasteiger charge is 2.05. The molecule has 0 bridgehead atoms. The largest absolute Gasteiger partial charge is 0.396 e. The molecule has 4 heteroatoms. The first-order valence-electron chi connectivity index (χ1n) is 5.31. The normalized spacial score (nSPS) is 12.5. The summed E-state index contributed by atoms with van der Waals surface area (Å²) < 4.78 is 0. The zero-order valence-corrected chi connectivity index (χ0v) is 9.18. The fourth-order valence-corrected chi connectivity index (χ4v) is 1.20. The molecule has 0 rings (SSSR count). The van der Waals surface area contributed by atoms with Crippen LogP contribution in [0.25, 0.3) is 0 Å². The SMILES string of the molecule is CCNCCC(=O)NC(C)CCCO. The van der Waals surface area contributed by atoms with E-state index >= 15 is 0 Å². The van der Waals surface area contributed by atoms with E-state index in [2.05, 4.69) is 10.6 Å². The van der Waals surface area contributed by atoms with Crippen LogP contribution in [-0.4, -0.2) is 36.8 Å².